The first-order chi connectivity index (χ1) is 8.76. The average Bonchev–Trinajstić information content (AvgIpc) is 2.93. The largest absolute Gasteiger partial charge is 0.459 e. The molecule has 1 atom stereocenters. The van der Waals surface area contributed by atoms with Crippen LogP contribution in [0.4, 0.5) is 0 Å². The number of nitrogens with zero attached hydrogens (tertiary/aromatic N) is 1. The summed E-state index contributed by atoms with van der Waals surface area (Å²) in [6, 6.07) is 9.87. The quantitative estimate of drug-likeness (QED) is 0.894. The Hall–Kier alpha value is -1.81. The molecule has 1 aliphatic rings. The molecule has 2 heterocycles. The lowest BCUT2D eigenvalue weighted by atomic mass is 10.1. The third-order valence-electron chi connectivity index (χ3n) is 3.45. The molecule has 0 spiro atoms. The normalized spacial score (nSPS) is 19.9. The second kappa shape index (κ2) is 4.46. The number of hydrogen-bond acceptors (Lipinski definition) is 3. The summed E-state index contributed by atoms with van der Waals surface area (Å²) in [7, 11) is 0. The van der Waals surface area contributed by atoms with Crippen LogP contribution in [0.25, 0.3) is 11.0 Å². The topological polar surface area (TPSA) is 59.5 Å². The van der Waals surface area contributed by atoms with Gasteiger partial charge in [0.05, 0.1) is 6.54 Å². The summed E-state index contributed by atoms with van der Waals surface area (Å²) in [5.74, 6) is 1.30. The van der Waals surface area contributed by atoms with Crippen LogP contribution in [-0.4, -0.2) is 23.9 Å². The van der Waals surface area contributed by atoms with E-state index in [4.69, 9.17) is 10.2 Å². The van der Waals surface area contributed by atoms with Crippen molar-refractivity contribution < 1.29 is 9.21 Å². The molecule has 1 aliphatic heterocycles. The number of hydrogen-bond donors (Lipinski definition) is 1. The number of benzene rings is 1. The molecule has 1 fully saturated rings. The predicted octanol–water partition coefficient (Wildman–Crippen LogP) is 1.74. The Morgan fingerprint density at radius 2 is 2.22 bits per heavy atom. The summed E-state index contributed by atoms with van der Waals surface area (Å²) in [6.45, 7) is 1.86. The molecule has 2 N–H and O–H groups in total. The van der Waals surface area contributed by atoms with Gasteiger partial charge in [0.2, 0.25) is 5.91 Å². The van der Waals surface area contributed by atoms with Crippen LogP contribution >= 0.6 is 0 Å². The zero-order chi connectivity index (χ0) is 12.5. The first-order valence-electron chi connectivity index (χ1n) is 6.21. The van der Waals surface area contributed by atoms with Crippen LogP contribution in [0.15, 0.2) is 34.7 Å². The molecule has 0 saturated carbocycles. The fourth-order valence-electron chi connectivity index (χ4n) is 2.47. The molecule has 4 heteroatoms. The highest BCUT2D eigenvalue weighted by molar-refractivity contribution is 5.80. The molecule has 1 amide bonds. The van der Waals surface area contributed by atoms with Crippen LogP contribution in [-0.2, 0) is 11.3 Å². The van der Waals surface area contributed by atoms with Gasteiger partial charge in [-0.2, -0.15) is 0 Å². The minimum atomic E-state index is 0.172. The molecule has 0 bridgehead atoms. The maximum absolute atomic E-state index is 11.8. The van der Waals surface area contributed by atoms with E-state index in [2.05, 4.69) is 0 Å². The van der Waals surface area contributed by atoms with Gasteiger partial charge < -0.3 is 15.1 Å². The van der Waals surface area contributed by atoms with Gasteiger partial charge in [0.25, 0.3) is 0 Å². The second-order valence-corrected chi connectivity index (χ2v) is 4.83. The van der Waals surface area contributed by atoms with Crippen LogP contribution in [0.1, 0.15) is 12.2 Å². The number of nitrogens with two attached hydrogens (primary N) is 1. The second-order valence-electron chi connectivity index (χ2n) is 4.83. The van der Waals surface area contributed by atoms with Gasteiger partial charge in [-0.15, -0.1) is 0 Å². The van der Waals surface area contributed by atoms with Crippen molar-refractivity contribution in [3.63, 3.8) is 0 Å². The highest BCUT2D eigenvalue weighted by Crippen LogP contribution is 2.23. The summed E-state index contributed by atoms with van der Waals surface area (Å²) >= 11 is 0. The maximum Gasteiger partial charge on any atom is 0.223 e. The van der Waals surface area contributed by atoms with Gasteiger partial charge in [0.1, 0.15) is 11.3 Å². The van der Waals surface area contributed by atoms with Gasteiger partial charge in [-0.05, 0) is 24.6 Å². The van der Waals surface area contributed by atoms with Crippen molar-refractivity contribution in [1.29, 1.82) is 0 Å². The van der Waals surface area contributed by atoms with E-state index in [0.29, 0.717) is 25.4 Å². The monoisotopic (exact) mass is 244 g/mol. The Kier molecular flexibility index (Phi) is 2.80. The number of rotatable bonds is 3. The van der Waals surface area contributed by atoms with Crippen molar-refractivity contribution in [2.45, 2.75) is 13.0 Å². The number of carbonyl (C=O) groups is 1. The molecule has 0 radical (unpaired) electrons. The SMILES string of the molecule is NCC1CC(=O)N(Cc2cc3ccccc3o2)C1. The fraction of sp³-hybridized carbons (Fsp3) is 0.357. The van der Waals surface area contributed by atoms with Crippen LogP contribution in [0.2, 0.25) is 0 Å². The number of likely N-dealkylation sites (tertiary alicyclic amines) is 1. The van der Waals surface area contributed by atoms with Crippen LogP contribution < -0.4 is 5.73 Å². The van der Waals surface area contributed by atoms with Crippen LogP contribution in [0.5, 0.6) is 0 Å². The molecule has 1 aromatic heterocycles. The Balaban J connectivity index is 1.78. The summed E-state index contributed by atoms with van der Waals surface area (Å²) in [6.07, 6.45) is 0.566. The zero-order valence-corrected chi connectivity index (χ0v) is 10.1. The zero-order valence-electron chi connectivity index (χ0n) is 10.1. The Labute approximate surface area is 105 Å². The van der Waals surface area contributed by atoms with Crippen LogP contribution in [0, 0.1) is 5.92 Å². The standard InChI is InChI=1S/C14H16N2O2/c15-7-10-5-14(17)16(8-10)9-12-6-11-3-1-2-4-13(11)18-12/h1-4,6,10H,5,7-9,15H2. The molecular formula is C14H16N2O2. The van der Waals surface area contributed by atoms with E-state index in [1.54, 1.807) is 0 Å². The minimum absolute atomic E-state index is 0.172. The number of furan rings is 1. The van der Waals surface area contributed by atoms with Crippen molar-refractivity contribution >= 4 is 16.9 Å². The molecule has 94 valence electrons. The lowest BCUT2D eigenvalue weighted by Gasteiger charge is -2.14. The first kappa shape index (κ1) is 11.3. The molecule has 1 aromatic carbocycles. The molecular weight excluding hydrogens is 228 g/mol. The van der Waals surface area contributed by atoms with E-state index in [-0.39, 0.29) is 5.91 Å². The van der Waals surface area contributed by atoms with Crippen molar-refractivity contribution in [2.24, 2.45) is 11.7 Å². The molecule has 18 heavy (non-hydrogen) atoms. The van der Waals surface area contributed by atoms with E-state index in [9.17, 15) is 4.79 Å². The summed E-state index contributed by atoms with van der Waals surface area (Å²) < 4.78 is 5.72. The summed E-state index contributed by atoms with van der Waals surface area (Å²) in [4.78, 5) is 13.6. The molecule has 1 saturated heterocycles. The Morgan fingerprint density at radius 1 is 1.39 bits per heavy atom. The fourth-order valence-corrected chi connectivity index (χ4v) is 2.47. The number of para-hydroxylation sites is 1. The summed E-state index contributed by atoms with van der Waals surface area (Å²) in [5.41, 5.74) is 6.48. The van der Waals surface area contributed by atoms with Crippen LogP contribution in [0.3, 0.4) is 0 Å². The third kappa shape index (κ3) is 1.99. The predicted molar refractivity (Wildman–Crippen MR) is 68.8 cm³/mol. The highest BCUT2D eigenvalue weighted by atomic mass is 16.3. The van der Waals surface area contributed by atoms with Crippen molar-refractivity contribution in [3.8, 4) is 0 Å². The van der Waals surface area contributed by atoms with E-state index in [1.807, 2.05) is 35.2 Å². The Bertz CT molecular complexity index is 543. The van der Waals surface area contributed by atoms with Gasteiger partial charge in [-0.1, -0.05) is 18.2 Å². The Morgan fingerprint density at radius 3 is 2.94 bits per heavy atom. The molecule has 1 unspecified atom stereocenters. The average molecular weight is 244 g/mol. The van der Waals surface area contributed by atoms with Gasteiger partial charge in [0, 0.05) is 18.4 Å². The third-order valence-corrected chi connectivity index (χ3v) is 3.45. The van der Waals surface area contributed by atoms with Gasteiger partial charge >= 0.3 is 0 Å². The maximum atomic E-state index is 11.8. The molecule has 3 rings (SSSR count). The summed E-state index contributed by atoms with van der Waals surface area (Å²) in [5, 5.41) is 1.08. The van der Waals surface area contributed by atoms with E-state index < -0.39 is 0 Å². The van der Waals surface area contributed by atoms with E-state index in [1.165, 1.54) is 0 Å². The van der Waals surface area contributed by atoms with Gasteiger partial charge in [-0.25, -0.2) is 0 Å². The number of carbonyl (C=O) groups excluding carboxylic acids is 1. The van der Waals surface area contributed by atoms with E-state index >= 15 is 0 Å². The number of fused-ring (bicyclic) bond motifs is 1. The van der Waals surface area contributed by atoms with Gasteiger partial charge in [0.15, 0.2) is 0 Å². The molecule has 4 nitrogen and oxygen atoms in total. The highest BCUT2D eigenvalue weighted by Gasteiger charge is 2.29. The van der Waals surface area contributed by atoms with E-state index in [0.717, 1.165) is 23.3 Å². The molecule has 0 aliphatic carbocycles. The first-order valence-corrected chi connectivity index (χ1v) is 6.21. The van der Waals surface area contributed by atoms with Crippen molar-refractivity contribution in [3.05, 3.63) is 36.1 Å². The lowest BCUT2D eigenvalue weighted by Crippen LogP contribution is -2.25. The van der Waals surface area contributed by atoms with Gasteiger partial charge in [-0.3, -0.25) is 4.79 Å². The van der Waals surface area contributed by atoms with Crippen molar-refractivity contribution in [2.75, 3.05) is 13.1 Å². The van der Waals surface area contributed by atoms with Crippen molar-refractivity contribution in [1.82, 2.24) is 4.90 Å². The lowest BCUT2D eigenvalue weighted by molar-refractivity contribution is -0.128. The smallest absolute Gasteiger partial charge is 0.223 e. The minimum Gasteiger partial charge on any atom is -0.459 e. The number of amides is 1. The molecule has 2 aromatic rings.